The van der Waals surface area contributed by atoms with Crippen molar-refractivity contribution in [2.45, 2.75) is 45.1 Å². The van der Waals surface area contributed by atoms with E-state index in [0.29, 0.717) is 25.9 Å². The number of likely N-dealkylation sites (N-methyl/N-ethyl adjacent to an activating group) is 1. The Hall–Kier alpha value is -1.10. The number of carbonyl (C=O) groups excluding carboxylic acids is 2. The smallest absolute Gasteiger partial charge is 0.338 e. The van der Waals surface area contributed by atoms with Crippen molar-refractivity contribution in [3.05, 3.63) is 0 Å². The van der Waals surface area contributed by atoms with Crippen LogP contribution < -0.4 is 0 Å². The first-order valence-electron chi connectivity index (χ1n) is 6.21. The summed E-state index contributed by atoms with van der Waals surface area (Å²) in [5, 5.41) is 9.93. The Labute approximate surface area is 102 Å². The van der Waals surface area contributed by atoms with Crippen molar-refractivity contribution in [1.82, 2.24) is 4.90 Å². The van der Waals surface area contributed by atoms with Gasteiger partial charge in [-0.15, -0.1) is 0 Å². The van der Waals surface area contributed by atoms with E-state index in [-0.39, 0.29) is 12.5 Å². The number of aliphatic hydroxyl groups is 1. The minimum Gasteiger partial charge on any atom is -0.453 e. The van der Waals surface area contributed by atoms with E-state index in [9.17, 15) is 14.7 Å². The lowest BCUT2D eigenvalue weighted by atomic mass is 10.0. The molecule has 0 unspecified atom stereocenters. The maximum Gasteiger partial charge on any atom is 0.338 e. The van der Waals surface area contributed by atoms with Gasteiger partial charge in [-0.1, -0.05) is 0 Å². The van der Waals surface area contributed by atoms with Gasteiger partial charge >= 0.3 is 5.97 Å². The lowest BCUT2D eigenvalue weighted by Gasteiger charge is -2.22. The number of hydrogen-bond acceptors (Lipinski definition) is 4. The topological polar surface area (TPSA) is 66.8 Å². The Morgan fingerprint density at radius 3 is 2.24 bits per heavy atom. The van der Waals surface area contributed by atoms with Gasteiger partial charge in [0, 0.05) is 13.1 Å². The standard InChI is InChI=1S/C12H21NO4/c1-3-13(4-2)10(14)9-17-11(15)12(16)7-5-6-8-12/h16H,3-9H2,1-2H3. The zero-order chi connectivity index (χ0) is 12.9. The predicted molar refractivity (Wildman–Crippen MR) is 62.3 cm³/mol. The zero-order valence-electron chi connectivity index (χ0n) is 10.6. The number of carbonyl (C=O) groups is 2. The van der Waals surface area contributed by atoms with Gasteiger partial charge in [0.1, 0.15) is 0 Å². The Morgan fingerprint density at radius 1 is 1.24 bits per heavy atom. The first-order valence-corrected chi connectivity index (χ1v) is 6.21. The average molecular weight is 243 g/mol. The Morgan fingerprint density at radius 2 is 1.76 bits per heavy atom. The SMILES string of the molecule is CCN(CC)C(=O)COC(=O)C1(O)CCCC1. The van der Waals surface area contributed by atoms with Crippen molar-refractivity contribution in [2.75, 3.05) is 19.7 Å². The summed E-state index contributed by atoms with van der Waals surface area (Å²) in [5.74, 6) is -0.875. The van der Waals surface area contributed by atoms with Crippen molar-refractivity contribution < 1.29 is 19.4 Å². The molecule has 0 spiro atoms. The van der Waals surface area contributed by atoms with Gasteiger partial charge in [-0.2, -0.15) is 0 Å². The van der Waals surface area contributed by atoms with Crippen molar-refractivity contribution in [3.63, 3.8) is 0 Å². The molecule has 1 aliphatic rings. The summed E-state index contributed by atoms with van der Waals surface area (Å²) in [4.78, 5) is 24.8. The summed E-state index contributed by atoms with van der Waals surface area (Å²) in [6, 6.07) is 0. The van der Waals surface area contributed by atoms with Crippen LogP contribution in [0.3, 0.4) is 0 Å². The molecule has 0 saturated heterocycles. The quantitative estimate of drug-likeness (QED) is 0.722. The van der Waals surface area contributed by atoms with Gasteiger partial charge in [0.05, 0.1) is 0 Å². The van der Waals surface area contributed by atoms with E-state index in [2.05, 4.69) is 0 Å². The molecule has 0 aliphatic heterocycles. The molecule has 1 N–H and O–H groups in total. The van der Waals surface area contributed by atoms with Gasteiger partial charge < -0.3 is 14.7 Å². The Balaban J connectivity index is 2.40. The van der Waals surface area contributed by atoms with Gasteiger partial charge in [0.2, 0.25) is 0 Å². The predicted octanol–water partition coefficient (Wildman–Crippen LogP) is 0.703. The molecule has 1 rings (SSSR count). The normalized spacial score (nSPS) is 17.8. The van der Waals surface area contributed by atoms with Gasteiger partial charge in [-0.25, -0.2) is 4.79 Å². The van der Waals surface area contributed by atoms with Crippen molar-refractivity contribution in [1.29, 1.82) is 0 Å². The zero-order valence-corrected chi connectivity index (χ0v) is 10.6. The molecule has 5 heteroatoms. The minimum absolute atomic E-state index is 0.218. The van der Waals surface area contributed by atoms with E-state index >= 15 is 0 Å². The molecule has 1 amide bonds. The number of ether oxygens (including phenoxy) is 1. The Bertz CT molecular complexity index is 280. The molecule has 0 aromatic rings. The van der Waals surface area contributed by atoms with Gasteiger partial charge in [0.15, 0.2) is 12.2 Å². The molecule has 0 heterocycles. The molecular weight excluding hydrogens is 222 g/mol. The molecule has 1 aliphatic carbocycles. The van der Waals surface area contributed by atoms with Crippen LogP contribution in [0.25, 0.3) is 0 Å². The molecule has 1 saturated carbocycles. The molecule has 17 heavy (non-hydrogen) atoms. The summed E-state index contributed by atoms with van der Waals surface area (Å²) in [6.45, 7) is 4.65. The van der Waals surface area contributed by atoms with E-state index in [0.717, 1.165) is 12.8 Å². The second kappa shape index (κ2) is 6.00. The highest BCUT2D eigenvalue weighted by atomic mass is 16.6. The van der Waals surface area contributed by atoms with Crippen LogP contribution in [0.5, 0.6) is 0 Å². The summed E-state index contributed by atoms with van der Waals surface area (Å²) < 4.78 is 4.90. The second-order valence-corrected chi connectivity index (χ2v) is 4.38. The van der Waals surface area contributed by atoms with Crippen LogP contribution in [0.2, 0.25) is 0 Å². The van der Waals surface area contributed by atoms with Crippen molar-refractivity contribution >= 4 is 11.9 Å². The van der Waals surface area contributed by atoms with Crippen LogP contribution >= 0.6 is 0 Å². The van der Waals surface area contributed by atoms with E-state index in [4.69, 9.17) is 4.74 Å². The van der Waals surface area contributed by atoms with Crippen LogP contribution in [0.4, 0.5) is 0 Å². The van der Waals surface area contributed by atoms with Crippen LogP contribution in [-0.4, -0.2) is 47.2 Å². The molecule has 5 nitrogen and oxygen atoms in total. The maximum absolute atomic E-state index is 11.6. The van der Waals surface area contributed by atoms with Crippen LogP contribution in [-0.2, 0) is 14.3 Å². The Kier molecular flexibility index (Phi) is 4.93. The largest absolute Gasteiger partial charge is 0.453 e. The summed E-state index contributed by atoms with van der Waals surface area (Å²) in [5.41, 5.74) is -1.36. The highest BCUT2D eigenvalue weighted by Crippen LogP contribution is 2.30. The lowest BCUT2D eigenvalue weighted by molar-refractivity contribution is -0.168. The van der Waals surface area contributed by atoms with Gasteiger partial charge in [-0.3, -0.25) is 4.79 Å². The first kappa shape index (κ1) is 14.0. The molecule has 1 fully saturated rings. The monoisotopic (exact) mass is 243 g/mol. The second-order valence-electron chi connectivity index (χ2n) is 4.38. The summed E-state index contributed by atoms with van der Waals surface area (Å²) in [7, 11) is 0. The lowest BCUT2D eigenvalue weighted by Crippen LogP contribution is -2.40. The van der Waals surface area contributed by atoms with Crippen LogP contribution in [0, 0.1) is 0 Å². The first-order chi connectivity index (χ1) is 8.03. The molecule has 0 atom stereocenters. The van der Waals surface area contributed by atoms with Crippen molar-refractivity contribution in [2.24, 2.45) is 0 Å². The molecule has 0 aromatic heterocycles. The van der Waals surface area contributed by atoms with E-state index < -0.39 is 11.6 Å². The third-order valence-electron chi connectivity index (χ3n) is 3.25. The molecule has 98 valence electrons. The number of amides is 1. The number of esters is 1. The van der Waals surface area contributed by atoms with E-state index in [1.54, 1.807) is 4.90 Å². The fraction of sp³-hybridized carbons (Fsp3) is 0.833. The molecule has 0 bridgehead atoms. The number of nitrogens with zero attached hydrogens (tertiary/aromatic N) is 1. The summed E-state index contributed by atoms with van der Waals surface area (Å²) in [6.07, 6.45) is 2.53. The third-order valence-corrected chi connectivity index (χ3v) is 3.25. The number of hydrogen-bond donors (Lipinski definition) is 1. The molecule has 0 aromatic carbocycles. The summed E-state index contributed by atoms with van der Waals surface area (Å²) >= 11 is 0. The fourth-order valence-corrected chi connectivity index (χ4v) is 2.09. The van der Waals surface area contributed by atoms with Crippen LogP contribution in [0.1, 0.15) is 39.5 Å². The maximum atomic E-state index is 11.6. The van der Waals surface area contributed by atoms with E-state index in [1.807, 2.05) is 13.8 Å². The van der Waals surface area contributed by atoms with Crippen LogP contribution in [0.15, 0.2) is 0 Å². The fourth-order valence-electron chi connectivity index (χ4n) is 2.09. The van der Waals surface area contributed by atoms with Crippen molar-refractivity contribution in [3.8, 4) is 0 Å². The molecule has 0 radical (unpaired) electrons. The minimum atomic E-state index is -1.36. The third kappa shape index (κ3) is 3.43. The molecular formula is C12H21NO4. The average Bonchev–Trinajstić information content (AvgIpc) is 2.76. The highest BCUT2D eigenvalue weighted by molar-refractivity contribution is 5.84. The van der Waals surface area contributed by atoms with Gasteiger partial charge in [0.25, 0.3) is 5.91 Å². The highest BCUT2D eigenvalue weighted by Gasteiger charge is 2.40. The van der Waals surface area contributed by atoms with E-state index in [1.165, 1.54) is 0 Å². The number of rotatable bonds is 5. The van der Waals surface area contributed by atoms with Gasteiger partial charge in [-0.05, 0) is 39.5 Å².